The van der Waals surface area contributed by atoms with Crippen LogP contribution in [0.25, 0.3) is 0 Å². The van der Waals surface area contributed by atoms with E-state index in [9.17, 15) is 15.0 Å². The number of aliphatic hydroxyl groups excluding tert-OH is 1. The zero-order valence-electron chi connectivity index (χ0n) is 12.2. The highest BCUT2D eigenvalue weighted by Crippen LogP contribution is 2.60. The lowest BCUT2D eigenvalue weighted by Crippen LogP contribution is -2.68. The molecule has 5 atom stereocenters. The van der Waals surface area contributed by atoms with Gasteiger partial charge in [-0.15, -0.1) is 0 Å². The number of aliphatic hydroxyl groups is 2. The van der Waals surface area contributed by atoms with Crippen LogP contribution >= 0.6 is 0 Å². The SMILES string of the molecule is CC(C)=CC[C@H]1O[C@@]1(C)[C@@]1(O)[C@H](O)C(=O)CC[C@]12CO2. The molecule has 112 valence electrons. The van der Waals surface area contributed by atoms with E-state index in [1.165, 1.54) is 5.57 Å². The maximum absolute atomic E-state index is 11.8. The largest absolute Gasteiger partial charge is 0.382 e. The predicted octanol–water partition coefficient (Wildman–Crippen LogP) is 0.724. The molecule has 5 nitrogen and oxygen atoms in total. The predicted molar refractivity (Wildman–Crippen MR) is 71.2 cm³/mol. The highest BCUT2D eigenvalue weighted by Gasteiger charge is 2.81. The Balaban J connectivity index is 1.87. The highest BCUT2D eigenvalue weighted by atomic mass is 16.7. The van der Waals surface area contributed by atoms with E-state index in [-0.39, 0.29) is 18.3 Å². The fourth-order valence-corrected chi connectivity index (χ4v) is 3.52. The molecule has 1 aliphatic carbocycles. The molecule has 0 bridgehead atoms. The van der Waals surface area contributed by atoms with Gasteiger partial charge in [0.1, 0.15) is 17.3 Å². The van der Waals surface area contributed by atoms with Gasteiger partial charge in [0.05, 0.1) is 12.7 Å². The molecule has 3 rings (SSSR count). The third-order valence-electron chi connectivity index (χ3n) is 5.10. The summed E-state index contributed by atoms with van der Waals surface area (Å²) in [6.07, 6.45) is 1.78. The molecule has 0 aromatic carbocycles. The number of ketones is 1. The summed E-state index contributed by atoms with van der Waals surface area (Å²) in [6, 6.07) is 0. The first-order valence-electron chi connectivity index (χ1n) is 7.15. The van der Waals surface area contributed by atoms with Gasteiger partial charge < -0.3 is 19.7 Å². The lowest BCUT2D eigenvalue weighted by Gasteiger charge is -2.44. The van der Waals surface area contributed by atoms with Crippen molar-refractivity contribution >= 4 is 5.78 Å². The molecule has 1 spiro atoms. The summed E-state index contributed by atoms with van der Waals surface area (Å²) in [5.41, 5.74) is -2.21. The van der Waals surface area contributed by atoms with Crippen molar-refractivity contribution in [3.05, 3.63) is 11.6 Å². The molecule has 0 unspecified atom stereocenters. The van der Waals surface area contributed by atoms with Crippen LogP contribution in [0.3, 0.4) is 0 Å². The monoisotopic (exact) mass is 282 g/mol. The molecule has 2 aliphatic heterocycles. The lowest BCUT2D eigenvalue weighted by atomic mass is 9.65. The molecule has 0 radical (unpaired) electrons. The van der Waals surface area contributed by atoms with Crippen molar-refractivity contribution < 1.29 is 24.5 Å². The second-order valence-corrected chi connectivity index (χ2v) is 6.65. The number of carbonyl (C=O) groups is 1. The van der Waals surface area contributed by atoms with Crippen LogP contribution in [-0.4, -0.2) is 51.6 Å². The molecule has 2 saturated heterocycles. The second kappa shape index (κ2) is 4.13. The summed E-state index contributed by atoms with van der Waals surface area (Å²) in [4.78, 5) is 11.8. The molecule has 0 aromatic heterocycles. The summed E-state index contributed by atoms with van der Waals surface area (Å²) in [5.74, 6) is -0.327. The number of hydrogen-bond acceptors (Lipinski definition) is 5. The van der Waals surface area contributed by atoms with Crippen molar-refractivity contribution in [2.75, 3.05) is 6.61 Å². The number of epoxide rings is 2. The van der Waals surface area contributed by atoms with Crippen molar-refractivity contribution in [2.24, 2.45) is 0 Å². The van der Waals surface area contributed by atoms with E-state index in [1.807, 2.05) is 19.9 Å². The van der Waals surface area contributed by atoms with Crippen molar-refractivity contribution in [2.45, 2.75) is 69.0 Å². The van der Waals surface area contributed by atoms with Crippen LogP contribution in [0.1, 0.15) is 40.0 Å². The minimum absolute atomic E-state index is 0.191. The Bertz CT molecular complexity index is 477. The third-order valence-corrected chi connectivity index (χ3v) is 5.10. The lowest BCUT2D eigenvalue weighted by molar-refractivity contribution is -0.187. The van der Waals surface area contributed by atoms with E-state index in [0.29, 0.717) is 19.4 Å². The maximum Gasteiger partial charge on any atom is 0.164 e. The van der Waals surface area contributed by atoms with Gasteiger partial charge in [0.2, 0.25) is 0 Å². The number of allylic oxidation sites excluding steroid dienone is 1. The van der Waals surface area contributed by atoms with E-state index < -0.39 is 22.9 Å². The summed E-state index contributed by atoms with van der Waals surface area (Å²) < 4.78 is 11.2. The van der Waals surface area contributed by atoms with Crippen LogP contribution in [0.15, 0.2) is 11.6 Å². The van der Waals surface area contributed by atoms with Crippen LogP contribution in [0.5, 0.6) is 0 Å². The van der Waals surface area contributed by atoms with E-state index in [1.54, 1.807) is 6.92 Å². The molecule has 0 amide bonds. The Labute approximate surface area is 118 Å². The Morgan fingerprint density at radius 3 is 2.70 bits per heavy atom. The minimum Gasteiger partial charge on any atom is -0.382 e. The molecular formula is C15H22O5. The summed E-state index contributed by atoms with van der Waals surface area (Å²) in [6.45, 7) is 6.14. The number of Topliss-reactive ketones (excluding diaryl/α,β-unsaturated/α-hetero) is 1. The van der Waals surface area contributed by atoms with Crippen molar-refractivity contribution in [3.63, 3.8) is 0 Å². The van der Waals surface area contributed by atoms with Gasteiger partial charge in [-0.25, -0.2) is 0 Å². The van der Waals surface area contributed by atoms with Gasteiger partial charge in [0, 0.05) is 6.42 Å². The summed E-state index contributed by atoms with van der Waals surface area (Å²) in [5, 5.41) is 21.4. The molecule has 1 saturated carbocycles. The zero-order valence-corrected chi connectivity index (χ0v) is 12.2. The molecule has 3 fully saturated rings. The van der Waals surface area contributed by atoms with Gasteiger partial charge >= 0.3 is 0 Å². The molecule has 3 aliphatic rings. The van der Waals surface area contributed by atoms with Gasteiger partial charge in [-0.3, -0.25) is 4.79 Å². The van der Waals surface area contributed by atoms with E-state index in [2.05, 4.69) is 0 Å². The fourth-order valence-electron chi connectivity index (χ4n) is 3.52. The van der Waals surface area contributed by atoms with Crippen LogP contribution in [0.2, 0.25) is 0 Å². The van der Waals surface area contributed by atoms with Gasteiger partial charge in [-0.05, 0) is 33.6 Å². The van der Waals surface area contributed by atoms with Gasteiger partial charge in [-0.1, -0.05) is 11.6 Å². The van der Waals surface area contributed by atoms with E-state index >= 15 is 0 Å². The Hall–Kier alpha value is -0.750. The number of rotatable bonds is 3. The van der Waals surface area contributed by atoms with Crippen LogP contribution < -0.4 is 0 Å². The van der Waals surface area contributed by atoms with Crippen LogP contribution in [0.4, 0.5) is 0 Å². The summed E-state index contributed by atoms with van der Waals surface area (Å²) >= 11 is 0. The van der Waals surface area contributed by atoms with Gasteiger partial charge in [0.25, 0.3) is 0 Å². The van der Waals surface area contributed by atoms with Gasteiger partial charge in [-0.2, -0.15) is 0 Å². The van der Waals surface area contributed by atoms with Crippen LogP contribution in [0, 0.1) is 0 Å². The highest BCUT2D eigenvalue weighted by molar-refractivity contribution is 5.86. The zero-order chi connectivity index (χ0) is 14.8. The molecule has 20 heavy (non-hydrogen) atoms. The molecular weight excluding hydrogens is 260 g/mol. The van der Waals surface area contributed by atoms with Crippen molar-refractivity contribution in [1.82, 2.24) is 0 Å². The Morgan fingerprint density at radius 2 is 2.15 bits per heavy atom. The van der Waals surface area contributed by atoms with Crippen molar-refractivity contribution in [1.29, 1.82) is 0 Å². The molecule has 2 heterocycles. The topological polar surface area (TPSA) is 82.6 Å². The molecule has 5 heteroatoms. The number of carbonyl (C=O) groups excluding carboxylic acids is 1. The molecule has 2 N–H and O–H groups in total. The van der Waals surface area contributed by atoms with Crippen molar-refractivity contribution in [3.8, 4) is 0 Å². The first-order valence-corrected chi connectivity index (χ1v) is 7.15. The second-order valence-electron chi connectivity index (χ2n) is 6.65. The average Bonchev–Trinajstić information content (AvgIpc) is 3.28. The number of ether oxygens (including phenoxy) is 2. The van der Waals surface area contributed by atoms with E-state index in [4.69, 9.17) is 9.47 Å². The average molecular weight is 282 g/mol. The Morgan fingerprint density at radius 1 is 1.50 bits per heavy atom. The minimum atomic E-state index is -1.64. The normalized spacial score (nSPS) is 50.1. The standard InChI is InChI=1S/C15H22O5/c1-9(2)4-5-11-13(3,20-11)15(18)12(17)10(16)6-7-14(15)8-19-14/h4,11-12,17-18H,5-8H2,1-3H3/t11-,12-,13-,14+,15+/m1/s1. The third kappa shape index (κ3) is 1.67. The first-order chi connectivity index (χ1) is 9.27. The quantitative estimate of drug-likeness (QED) is 0.589. The fraction of sp³-hybridized carbons (Fsp3) is 0.800. The smallest absolute Gasteiger partial charge is 0.164 e. The summed E-state index contributed by atoms with van der Waals surface area (Å²) in [7, 11) is 0. The van der Waals surface area contributed by atoms with Crippen LogP contribution in [-0.2, 0) is 14.3 Å². The Kier molecular flexibility index (Phi) is 2.93. The first kappa shape index (κ1) is 14.2. The van der Waals surface area contributed by atoms with Gasteiger partial charge in [0.15, 0.2) is 11.4 Å². The maximum atomic E-state index is 11.8. The molecule has 0 aromatic rings. The van der Waals surface area contributed by atoms with E-state index in [0.717, 1.165) is 0 Å². The number of hydrogen-bond donors (Lipinski definition) is 2.